The quantitative estimate of drug-likeness (QED) is 0.761. The maximum atomic E-state index is 12.0. The van der Waals surface area contributed by atoms with Crippen LogP contribution in [0, 0.1) is 5.92 Å². The molecule has 18 heavy (non-hydrogen) atoms. The number of hydrogen-bond donors (Lipinski definition) is 0. The number of benzene rings is 1. The number of fused-ring (bicyclic) bond motifs is 1. The van der Waals surface area contributed by atoms with Crippen LogP contribution >= 0.6 is 0 Å². The van der Waals surface area contributed by atoms with Gasteiger partial charge in [0.25, 0.3) is 0 Å². The van der Waals surface area contributed by atoms with Crippen molar-refractivity contribution < 1.29 is 19.1 Å². The summed E-state index contributed by atoms with van der Waals surface area (Å²) in [7, 11) is 2.94. The van der Waals surface area contributed by atoms with E-state index in [-0.39, 0.29) is 24.1 Å². The first-order chi connectivity index (χ1) is 8.65. The van der Waals surface area contributed by atoms with Gasteiger partial charge in [0.05, 0.1) is 20.6 Å². The Kier molecular flexibility index (Phi) is 3.65. The van der Waals surface area contributed by atoms with Crippen molar-refractivity contribution in [3.05, 3.63) is 29.3 Å². The number of ether oxygens (including phenoxy) is 2. The van der Waals surface area contributed by atoms with E-state index in [0.717, 1.165) is 16.9 Å². The van der Waals surface area contributed by atoms with E-state index in [1.54, 1.807) is 7.11 Å². The third kappa shape index (κ3) is 2.37. The van der Waals surface area contributed by atoms with E-state index >= 15 is 0 Å². The van der Waals surface area contributed by atoms with Gasteiger partial charge in [0, 0.05) is 17.9 Å². The van der Waals surface area contributed by atoms with E-state index in [4.69, 9.17) is 4.74 Å². The molecule has 2 rings (SSSR count). The summed E-state index contributed by atoms with van der Waals surface area (Å²) in [4.78, 5) is 23.3. The minimum Gasteiger partial charge on any atom is -0.496 e. The van der Waals surface area contributed by atoms with E-state index in [9.17, 15) is 9.59 Å². The average Bonchev–Trinajstić information content (AvgIpc) is 2.38. The largest absolute Gasteiger partial charge is 0.496 e. The van der Waals surface area contributed by atoms with Crippen LogP contribution in [0.15, 0.2) is 18.2 Å². The van der Waals surface area contributed by atoms with Crippen LogP contribution in [0.2, 0.25) is 0 Å². The van der Waals surface area contributed by atoms with Crippen molar-refractivity contribution in [2.75, 3.05) is 14.2 Å². The molecule has 0 saturated heterocycles. The van der Waals surface area contributed by atoms with Crippen molar-refractivity contribution in [3.8, 4) is 5.75 Å². The van der Waals surface area contributed by atoms with Crippen molar-refractivity contribution in [1.29, 1.82) is 0 Å². The second-order valence-electron chi connectivity index (χ2n) is 4.42. The summed E-state index contributed by atoms with van der Waals surface area (Å²) in [5.41, 5.74) is 2.04. The lowest BCUT2D eigenvalue weighted by Crippen LogP contribution is -2.28. The van der Waals surface area contributed by atoms with Crippen LogP contribution in [0.4, 0.5) is 0 Å². The van der Waals surface area contributed by atoms with Crippen LogP contribution in [0.3, 0.4) is 0 Å². The van der Waals surface area contributed by atoms with Crippen LogP contribution in [-0.4, -0.2) is 26.0 Å². The van der Waals surface area contributed by atoms with Gasteiger partial charge < -0.3 is 9.47 Å². The van der Waals surface area contributed by atoms with Crippen LogP contribution in [0.25, 0.3) is 0 Å². The molecule has 96 valence electrons. The number of carbonyl (C=O) groups excluding carboxylic acids is 2. The minimum absolute atomic E-state index is 0.0809. The molecule has 0 radical (unpaired) electrons. The molecule has 1 aliphatic carbocycles. The van der Waals surface area contributed by atoms with E-state index in [1.165, 1.54) is 7.11 Å². The zero-order valence-corrected chi connectivity index (χ0v) is 10.6. The highest BCUT2D eigenvalue weighted by Gasteiger charge is 2.30. The van der Waals surface area contributed by atoms with Gasteiger partial charge >= 0.3 is 5.97 Å². The molecule has 1 aromatic rings. The molecule has 0 aliphatic heterocycles. The average molecular weight is 248 g/mol. The molecule has 0 fully saturated rings. The fourth-order valence-corrected chi connectivity index (χ4v) is 2.36. The lowest BCUT2D eigenvalue weighted by Gasteiger charge is -2.24. The number of hydrogen-bond acceptors (Lipinski definition) is 4. The van der Waals surface area contributed by atoms with Crippen LogP contribution < -0.4 is 4.74 Å². The Morgan fingerprint density at radius 2 is 2.17 bits per heavy atom. The lowest BCUT2D eigenvalue weighted by molar-refractivity contribution is -0.143. The van der Waals surface area contributed by atoms with Gasteiger partial charge in [0.15, 0.2) is 0 Å². The molecule has 1 atom stereocenters. The van der Waals surface area contributed by atoms with Crippen LogP contribution in [-0.2, 0) is 27.2 Å². The number of ketones is 1. The summed E-state index contributed by atoms with van der Waals surface area (Å²) in [6, 6.07) is 5.74. The van der Waals surface area contributed by atoms with Gasteiger partial charge in [-0.3, -0.25) is 9.59 Å². The van der Waals surface area contributed by atoms with Crippen molar-refractivity contribution in [2.45, 2.75) is 19.3 Å². The van der Waals surface area contributed by atoms with Gasteiger partial charge in [0.1, 0.15) is 11.5 Å². The summed E-state index contributed by atoms with van der Waals surface area (Å²) in [5, 5.41) is 0. The second kappa shape index (κ2) is 5.21. The van der Waals surface area contributed by atoms with Crippen molar-refractivity contribution in [2.24, 2.45) is 5.92 Å². The third-order valence-electron chi connectivity index (χ3n) is 3.36. The minimum atomic E-state index is -0.334. The number of methoxy groups -OCH3 is 2. The Balaban J connectivity index is 2.23. The Bertz CT molecular complexity index is 479. The molecule has 4 nitrogen and oxygen atoms in total. The predicted octanol–water partition coefficient (Wildman–Crippen LogP) is 1.54. The van der Waals surface area contributed by atoms with Gasteiger partial charge in [0.2, 0.25) is 0 Å². The molecular formula is C14H16O4. The lowest BCUT2D eigenvalue weighted by atomic mass is 9.81. The van der Waals surface area contributed by atoms with E-state index < -0.39 is 0 Å². The van der Waals surface area contributed by atoms with Crippen LogP contribution in [0.5, 0.6) is 5.75 Å². The van der Waals surface area contributed by atoms with E-state index in [0.29, 0.717) is 12.8 Å². The van der Waals surface area contributed by atoms with Gasteiger partial charge in [-0.25, -0.2) is 0 Å². The van der Waals surface area contributed by atoms with Gasteiger partial charge in [-0.15, -0.1) is 0 Å². The number of carbonyl (C=O) groups is 2. The molecule has 4 heteroatoms. The molecule has 1 aromatic carbocycles. The highest BCUT2D eigenvalue weighted by atomic mass is 16.5. The molecule has 0 N–H and O–H groups in total. The van der Waals surface area contributed by atoms with E-state index in [1.807, 2.05) is 18.2 Å². The first-order valence-electron chi connectivity index (χ1n) is 5.90. The maximum Gasteiger partial charge on any atom is 0.306 e. The fourth-order valence-electron chi connectivity index (χ4n) is 2.36. The monoisotopic (exact) mass is 248 g/mol. The molecule has 0 aromatic heterocycles. The zero-order chi connectivity index (χ0) is 13.1. The standard InChI is InChI=1S/C14H16O4/c1-17-13-5-3-4-9-6-10(7-14(16)18-2)12(15)8-11(9)13/h3-5,10H,6-8H2,1-2H3/t10-/m0/s1. The van der Waals surface area contributed by atoms with Crippen molar-refractivity contribution in [1.82, 2.24) is 0 Å². The first-order valence-corrected chi connectivity index (χ1v) is 5.90. The third-order valence-corrected chi connectivity index (χ3v) is 3.36. The molecule has 0 heterocycles. The Labute approximate surface area is 106 Å². The van der Waals surface area contributed by atoms with Gasteiger partial charge in [-0.1, -0.05) is 12.1 Å². The summed E-state index contributed by atoms with van der Waals surface area (Å²) in [6.45, 7) is 0. The topological polar surface area (TPSA) is 52.6 Å². The number of rotatable bonds is 3. The Morgan fingerprint density at radius 1 is 1.39 bits per heavy atom. The highest BCUT2D eigenvalue weighted by molar-refractivity contribution is 5.89. The smallest absolute Gasteiger partial charge is 0.306 e. The fraction of sp³-hybridized carbons (Fsp3) is 0.429. The summed E-state index contributed by atoms with van der Waals surface area (Å²) in [6.07, 6.45) is 1.08. The van der Waals surface area contributed by atoms with Crippen molar-refractivity contribution >= 4 is 11.8 Å². The van der Waals surface area contributed by atoms with E-state index in [2.05, 4.69) is 4.74 Å². The van der Waals surface area contributed by atoms with Gasteiger partial charge in [-0.05, 0) is 18.1 Å². The Morgan fingerprint density at radius 3 is 2.83 bits per heavy atom. The number of Topliss-reactive ketones (excluding diaryl/α,β-unsaturated/α-hetero) is 1. The second-order valence-corrected chi connectivity index (χ2v) is 4.42. The normalized spacial score (nSPS) is 18.1. The molecule has 0 unspecified atom stereocenters. The molecule has 0 saturated carbocycles. The summed E-state index contributed by atoms with van der Waals surface area (Å²) >= 11 is 0. The molecule has 0 amide bonds. The Hall–Kier alpha value is -1.84. The van der Waals surface area contributed by atoms with Gasteiger partial charge in [-0.2, -0.15) is 0 Å². The SMILES string of the molecule is COC(=O)C[C@@H]1Cc2cccc(OC)c2CC1=O. The van der Waals surface area contributed by atoms with Crippen molar-refractivity contribution in [3.63, 3.8) is 0 Å². The first kappa shape index (κ1) is 12.6. The predicted molar refractivity (Wildman–Crippen MR) is 65.5 cm³/mol. The molecular weight excluding hydrogens is 232 g/mol. The summed E-state index contributed by atoms with van der Waals surface area (Å²) < 4.78 is 9.87. The zero-order valence-electron chi connectivity index (χ0n) is 10.6. The highest BCUT2D eigenvalue weighted by Crippen LogP contribution is 2.31. The molecule has 1 aliphatic rings. The molecule has 0 bridgehead atoms. The number of esters is 1. The summed E-state index contributed by atoms with van der Waals surface area (Å²) in [5.74, 6) is 0.228. The van der Waals surface area contributed by atoms with Crippen LogP contribution in [0.1, 0.15) is 17.5 Å². The maximum absolute atomic E-state index is 12.0. The molecule has 0 spiro atoms.